The first-order valence-electron chi connectivity index (χ1n) is 6.90. The summed E-state index contributed by atoms with van der Waals surface area (Å²) in [6, 6.07) is 0. The summed E-state index contributed by atoms with van der Waals surface area (Å²) in [7, 11) is 3.01. The van der Waals surface area contributed by atoms with E-state index in [0.717, 1.165) is 11.2 Å². The molecular formula is C13H17ClN4O3. The van der Waals surface area contributed by atoms with Gasteiger partial charge in [-0.05, 0) is 30.4 Å². The highest BCUT2D eigenvalue weighted by molar-refractivity contribution is 6.29. The Bertz CT molecular complexity index is 800. The first-order chi connectivity index (χ1) is 10.0. The van der Waals surface area contributed by atoms with Crippen molar-refractivity contribution in [1.82, 2.24) is 18.7 Å². The van der Waals surface area contributed by atoms with Gasteiger partial charge in [0.25, 0.3) is 5.56 Å². The van der Waals surface area contributed by atoms with Crippen molar-refractivity contribution in [3.63, 3.8) is 0 Å². The van der Waals surface area contributed by atoms with E-state index in [1.165, 1.54) is 24.5 Å². The summed E-state index contributed by atoms with van der Waals surface area (Å²) >= 11 is 6.10. The molecule has 0 saturated heterocycles. The number of nitrogens with zero attached hydrogens (tertiary/aromatic N) is 4. The predicted octanol–water partition coefficient (Wildman–Crippen LogP) is 0.514. The van der Waals surface area contributed by atoms with Crippen molar-refractivity contribution in [3.8, 4) is 0 Å². The number of aromatic nitrogens is 4. The highest BCUT2D eigenvalue weighted by Crippen LogP contribution is 2.28. The van der Waals surface area contributed by atoms with Crippen LogP contribution in [0.3, 0.4) is 0 Å². The molecule has 21 heavy (non-hydrogen) atoms. The van der Waals surface area contributed by atoms with Gasteiger partial charge in [-0.25, -0.2) is 4.79 Å². The average Bonchev–Trinajstić information content (AvgIpc) is 3.23. The third-order valence-electron chi connectivity index (χ3n) is 3.81. The highest BCUT2D eigenvalue weighted by atomic mass is 35.5. The van der Waals surface area contributed by atoms with Crippen LogP contribution in [0.25, 0.3) is 11.2 Å². The minimum atomic E-state index is -0.418. The number of hydrogen-bond acceptors (Lipinski definition) is 4. The molecule has 0 N–H and O–H groups in total. The minimum absolute atomic E-state index is 0.193. The van der Waals surface area contributed by atoms with Gasteiger partial charge in [0.15, 0.2) is 11.2 Å². The van der Waals surface area contributed by atoms with Crippen molar-refractivity contribution in [2.75, 3.05) is 13.2 Å². The minimum Gasteiger partial charge on any atom is -0.379 e. The van der Waals surface area contributed by atoms with E-state index in [1.807, 2.05) is 0 Å². The van der Waals surface area contributed by atoms with Crippen LogP contribution < -0.4 is 11.2 Å². The molecule has 2 aromatic rings. The fourth-order valence-electron chi connectivity index (χ4n) is 2.31. The van der Waals surface area contributed by atoms with Crippen LogP contribution in [0.1, 0.15) is 12.8 Å². The Hall–Kier alpha value is -1.60. The van der Waals surface area contributed by atoms with E-state index >= 15 is 0 Å². The van der Waals surface area contributed by atoms with Gasteiger partial charge in [-0.2, -0.15) is 4.98 Å². The van der Waals surface area contributed by atoms with Crippen molar-refractivity contribution in [2.24, 2.45) is 20.0 Å². The quantitative estimate of drug-likeness (QED) is 0.596. The Kier molecular flexibility index (Phi) is 3.62. The lowest BCUT2D eigenvalue weighted by Gasteiger charge is -2.07. The summed E-state index contributed by atoms with van der Waals surface area (Å²) in [5.74, 6) is 0.689. The predicted molar refractivity (Wildman–Crippen MR) is 78.8 cm³/mol. The van der Waals surface area contributed by atoms with Gasteiger partial charge in [-0.1, -0.05) is 0 Å². The molecule has 1 aliphatic rings. The summed E-state index contributed by atoms with van der Waals surface area (Å²) in [6.45, 7) is 1.66. The number of halogens is 1. The van der Waals surface area contributed by atoms with E-state index in [2.05, 4.69) is 4.98 Å². The van der Waals surface area contributed by atoms with E-state index in [-0.39, 0.29) is 5.28 Å². The maximum atomic E-state index is 12.3. The maximum Gasteiger partial charge on any atom is 0.332 e. The number of fused-ring (bicyclic) bond motifs is 1. The second-order valence-electron chi connectivity index (χ2n) is 5.43. The number of hydrogen-bond donors (Lipinski definition) is 0. The number of rotatable bonds is 5. The molecule has 0 aliphatic heterocycles. The molecule has 0 amide bonds. The van der Waals surface area contributed by atoms with Gasteiger partial charge in [-0.3, -0.25) is 13.9 Å². The first kappa shape index (κ1) is 14.3. The molecule has 7 nitrogen and oxygen atoms in total. The fraction of sp³-hybridized carbons (Fsp3) is 0.615. The summed E-state index contributed by atoms with van der Waals surface area (Å²) in [6.07, 6.45) is 2.47. The maximum absolute atomic E-state index is 12.3. The van der Waals surface area contributed by atoms with Crippen LogP contribution in [-0.2, 0) is 25.4 Å². The third-order valence-corrected chi connectivity index (χ3v) is 4.10. The standard InChI is InChI=1S/C13H17ClN4O3/c1-16-10-9(11(19)17(2)13(16)20)18(12(14)15-10)5-6-21-7-8-3-4-8/h8H,3-7H2,1-2H3. The second kappa shape index (κ2) is 5.31. The Morgan fingerprint density at radius 1 is 1.29 bits per heavy atom. The normalized spacial score (nSPS) is 15.0. The summed E-state index contributed by atoms with van der Waals surface area (Å²) in [5, 5.41) is 0.193. The average molecular weight is 313 g/mol. The molecule has 1 fully saturated rings. The molecule has 8 heteroatoms. The van der Waals surface area contributed by atoms with Crippen LogP contribution in [-0.4, -0.2) is 31.9 Å². The summed E-state index contributed by atoms with van der Waals surface area (Å²) in [5.41, 5.74) is -0.177. The zero-order valence-corrected chi connectivity index (χ0v) is 12.8. The van der Waals surface area contributed by atoms with Crippen molar-refractivity contribution in [2.45, 2.75) is 19.4 Å². The van der Waals surface area contributed by atoms with Gasteiger partial charge in [0.05, 0.1) is 6.61 Å². The first-order valence-corrected chi connectivity index (χ1v) is 7.28. The lowest BCUT2D eigenvalue weighted by molar-refractivity contribution is 0.117. The van der Waals surface area contributed by atoms with Gasteiger partial charge in [0, 0.05) is 27.2 Å². The molecule has 3 rings (SSSR count). The van der Waals surface area contributed by atoms with E-state index in [1.54, 1.807) is 11.6 Å². The van der Waals surface area contributed by atoms with Crippen molar-refractivity contribution >= 4 is 22.8 Å². The molecule has 1 saturated carbocycles. The highest BCUT2D eigenvalue weighted by Gasteiger charge is 2.21. The largest absolute Gasteiger partial charge is 0.379 e. The SMILES string of the molecule is Cn1c(=O)c2c(nc(Cl)n2CCOCC2CC2)n(C)c1=O. The molecule has 0 bridgehead atoms. The zero-order chi connectivity index (χ0) is 15.1. The van der Waals surface area contributed by atoms with Crippen molar-refractivity contribution in [1.29, 1.82) is 0 Å². The van der Waals surface area contributed by atoms with Crippen LogP contribution in [0.4, 0.5) is 0 Å². The second-order valence-corrected chi connectivity index (χ2v) is 5.77. The van der Waals surface area contributed by atoms with E-state index < -0.39 is 11.2 Å². The van der Waals surface area contributed by atoms with Crippen LogP contribution >= 0.6 is 11.6 Å². The van der Waals surface area contributed by atoms with Crippen molar-refractivity contribution in [3.05, 3.63) is 26.1 Å². The molecular weight excluding hydrogens is 296 g/mol. The summed E-state index contributed by atoms with van der Waals surface area (Å²) < 4.78 is 9.56. The molecule has 0 unspecified atom stereocenters. The lowest BCUT2D eigenvalue weighted by atomic mass is 10.4. The topological polar surface area (TPSA) is 71.0 Å². The Morgan fingerprint density at radius 2 is 2.00 bits per heavy atom. The lowest BCUT2D eigenvalue weighted by Crippen LogP contribution is -2.37. The molecule has 2 heterocycles. The van der Waals surface area contributed by atoms with Crippen molar-refractivity contribution < 1.29 is 4.74 Å². The number of aryl methyl sites for hydroxylation is 1. The fourth-order valence-corrected chi connectivity index (χ4v) is 2.56. The molecule has 0 aromatic carbocycles. The van der Waals surface area contributed by atoms with Crippen LogP contribution in [0.15, 0.2) is 9.59 Å². The molecule has 0 atom stereocenters. The van der Waals surface area contributed by atoms with Gasteiger partial charge >= 0.3 is 5.69 Å². The smallest absolute Gasteiger partial charge is 0.332 e. The van der Waals surface area contributed by atoms with Gasteiger partial charge in [0.1, 0.15) is 0 Å². The molecule has 114 valence electrons. The Balaban J connectivity index is 1.95. The molecule has 0 radical (unpaired) electrons. The third kappa shape index (κ3) is 2.51. The Morgan fingerprint density at radius 3 is 2.67 bits per heavy atom. The summed E-state index contributed by atoms with van der Waals surface area (Å²) in [4.78, 5) is 28.3. The number of imidazole rings is 1. The van der Waals surface area contributed by atoms with Gasteiger partial charge in [-0.15, -0.1) is 0 Å². The van der Waals surface area contributed by atoms with E-state index in [0.29, 0.717) is 30.2 Å². The molecule has 1 aliphatic carbocycles. The monoisotopic (exact) mass is 312 g/mol. The molecule has 0 spiro atoms. The molecule has 2 aromatic heterocycles. The van der Waals surface area contributed by atoms with Gasteiger partial charge in [0.2, 0.25) is 5.28 Å². The van der Waals surface area contributed by atoms with Crippen LogP contribution in [0.5, 0.6) is 0 Å². The zero-order valence-electron chi connectivity index (χ0n) is 12.0. The Labute approximate surface area is 125 Å². The van der Waals surface area contributed by atoms with E-state index in [9.17, 15) is 9.59 Å². The van der Waals surface area contributed by atoms with Gasteiger partial charge < -0.3 is 9.30 Å². The van der Waals surface area contributed by atoms with Crippen LogP contribution in [0, 0.1) is 5.92 Å². The van der Waals surface area contributed by atoms with Crippen LogP contribution in [0.2, 0.25) is 5.28 Å². The van der Waals surface area contributed by atoms with E-state index in [4.69, 9.17) is 16.3 Å². The number of ether oxygens (including phenoxy) is 1.